The smallest absolute Gasteiger partial charge is 0.378 e. The number of rotatable bonds is 5. The summed E-state index contributed by atoms with van der Waals surface area (Å²) in [6.07, 6.45) is -3.09. The summed E-state index contributed by atoms with van der Waals surface area (Å²) < 4.78 is 20.5. The van der Waals surface area contributed by atoms with Crippen LogP contribution in [0.4, 0.5) is 0 Å². The van der Waals surface area contributed by atoms with Gasteiger partial charge in [-0.3, -0.25) is 4.57 Å². The zero-order valence-electron chi connectivity index (χ0n) is 10.2. The van der Waals surface area contributed by atoms with Gasteiger partial charge in [-0.2, -0.15) is 0 Å². The average molecular weight is 298 g/mol. The van der Waals surface area contributed by atoms with Crippen molar-refractivity contribution in [1.29, 1.82) is 0 Å². The first-order valence-corrected chi connectivity index (χ1v) is 6.80. The summed E-state index contributed by atoms with van der Waals surface area (Å²) in [6.45, 7) is 1.27. The number of carbonyl (C=O) groups is 1. The third-order valence-corrected chi connectivity index (χ3v) is 4.01. The molecule has 0 amide bonds. The first kappa shape index (κ1) is 15.9. The van der Waals surface area contributed by atoms with Crippen LogP contribution in [0.25, 0.3) is 0 Å². The first-order chi connectivity index (χ1) is 8.51. The molecule has 0 saturated heterocycles. The monoisotopic (exact) mass is 298 g/mol. The van der Waals surface area contributed by atoms with Crippen LogP contribution in [0.15, 0.2) is 11.5 Å². The molecule has 10 heteroatoms. The molecule has 1 rings (SSSR count). The van der Waals surface area contributed by atoms with E-state index in [0.29, 0.717) is 0 Å². The van der Waals surface area contributed by atoms with E-state index in [4.69, 9.17) is 19.6 Å². The Morgan fingerprint density at radius 2 is 2.00 bits per heavy atom. The first-order valence-electron chi connectivity index (χ1n) is 5.19. The van der Waals surface area contributed by atoms with Gasteiger partial charge >= 0.3 is 13.6 Å². The predicted molar refractivity (Wildman–Crippen MR) is 59.8 cm³/mol. The summed E-state index contributed by atoms with van der Waals surface area (Å²) in [5.74, 6) is -2.81. The lowest BCUT2D eigenvalue weighted by molar-refractivity contribution is -0.149. The third kappa shape index (κ3) is 3.07. The SMILES string of the molecule is CC(C)(OC1=C(O)[C@@H](C(O)CO)OC1=O)P(=O)(O)O. The molecular formula is C9H15O9P. The van der Waals surface area contributed by atoms with E-state index < -0.39 is 49.2 Å². The normalized spacial score (nSPS) is 22.4. The number of hydrogen-bond acceptors (Lipinski definition) is 7. The van der Waals surface area contributed by atoms with Crippen molar-refractivity contribution in [2.75, 3.05) is 6.61 Å². The largest absolute Gasteiger partial charge is 0.505 e. The van der Waals surface area contributed by atoms with Crippen molar-refractivity contribution >= 4 is 13.6 Å². The summed E-state index contributed by atoms with van der Waals surface area (Å²) >= 11 is 0. The number of aliphatic hydroxyl groups is 3. The van der Waals surface area contributed by atoms with Crippen LogP contribution in [-0.2, 0) is 18.8 Å². The lowest BCUT2D eigenvalue weighted by atomic mass is 10.2. The molecular weight excluding hydrogens is 283 g/mol. The summed E-state index contributed by atoms with van der Waals surface area (Å²) in [5.41, 5.74) is 0. The summed E-state index contributed by atoms with van der Waals surface area (Å²) in [5, 5.41) is 25.6. The minimum Gasteiger partial charge on any atom is -0.505 e. The Kier molecular flexibility index (Phi) is 4.28. The van der Waals surface area contributed by atoms with Crippen molar-refractivity contribution in [3.05, 3.63) is 11.5 Å². The molecule has 1 aliphatic rings. The molecule has 1 aliphatic heterocycles. The third-order valence-electron chi connectivity index (χ3n) is 2.51. The minimum absolute atomic E-state index is 0.781. The number of hydrogen-bond donors (Lipinski definition) is 5. The predicted octanol–water partition coefficient (Wildman–Crippen LogP) is -1.03. The second-order valence-corrected chi connectivity index (χ2v) is 6.55. The van der Waals surface area contributed by atoms with Crippen LogP contribution in [0.5, 0.6) is 0 Å². The van der Waals surface area contributed by atoms with Crippen molar-refractivity contribution in [1.82, 2.24) is 0 Å². The van der Waals surface area contributed by atoms with Crippen LogP contribution in [-0.4, -0.2) is 55.2 Å². The molecule has 9 nitrogen and oxygen atoms in total. The zero-order valence-corrected chi connectivity index (χ0v) is 11.1. The zero-order chi connectivity index (χ0) is 15.0. The molecule has 110 valence electrons. The Morgan fingerprint density at radius 1 is 1.47 bits per heavy atom. The van der Waals surface area contributed by atoms with E-state index in [9.17, 15) is 19.6 Å². The minimum atomic E-state index is -4.71. The number of aliphatic hydroxyl groups excluding tert-OH is 3. The van der Waals surface area contributed by atoms with Gasteiger partial charge in [0.05, 0.1) is 6.61 Å². The molecule has 2 atom stereocenters. The fraction of sp³-hybridized carbons (Fsp3) is 0.667. The highest BCUT2D eigenvalue weighted by Crippen LogP contribution is 2.52. The highest BCUT2D eigenvalue weighted by atomic mass is 31.2. The Balaban J connectivity index is 3.03. The lowest BCUT2D eigenvalue weighted by Gasteiger charge is -2.26. The molecule has 5 N–H and O–H groups in total. The standard InChI is InChI=1S/C9H15O9P/c1-9(2,19(14,15)16)18-7-5(12)6(4(11)3-10)17-8(7)13/h4,6,10-12H,3H2,1-2H3,(H2,14,15,16)/t4?,6-/m1/s1. The van der Waals surface area contributed by atoms with Gasteiger partial charge in [-0.15, -0.1) is 0 Å². The summed E-state index contributed by atoms with van der Waals surface area (Å²) in [7, 11) is -4.71. The van der Waals surface area contributed by atoms with Gasteiger partial charge in [0.2, 0.25) is 11.1 Å². The number of carbonyl (C=O) groups excluding carboxylic acids is 1. The van der Waals surface area contributed by atoms with Gasteiger partial charge in [-0.05, 0) is 13.8 Å². The van der Waals surface area contributed by atoms with Gasteiger partial charge in [0.1, 0.15) is 6.10 Å². The van der Waals surface area contributed by atoms with Crippen molar-refractivity contribution < 1.29 is 43.9 Å². The topological polar surface area (TPSA) is 154 Å². The van der Waals surface area contributed by atoms with Crippen molar-refractivity contribution in [3.8, 4) is 0 Å². The molecule has 1 heterocycles. The molecule has 0 radical (unpaired) electrons. The second-order valence-electron chi connectivity index (χ2n) is 4.38. The molecule has 0 aromatic carbocycles. The number of ether oxygens (including phenoxy) is 2. The molecule has 0 spiro atoms. The summed E-state index contributed by atoms with van der Waals surface area (Å²) in [6, 6.07) is 0. The Labute approximate surface area is 108 Å². The van der Waals surface area contributed by atoms with E-state index >= 15 is 0 Å². The molecule has 0 aliphatic carbocycles. The Morgan fingerprint density at radius 3 is 2.42 bits per heavy atom. The van der Waals surface area contributed by atoms with Gasteiger partial charge in [-0.25, -0.2) is 4.79 Å². The van der Waals surface area contributed by atoms with E-state index in [-0.39, 0.29) is 0 Å². The Bertz CT molecular complexity index is 449. The number of cyclic esters (lactones) is 1. The average Bonchev–Trinajstić information content (AvgIpc) is 2.54. The van der Waals surface area contributed by atoms with E-state index in [1.165, 1.54) is 0 Å². The van der Waals surface area contributed by atoms with Crippen LogP contribution in [0.2, 0.25) is 0 Å². The van der Waals surface area contributed by atoms with Crippen molar-refractivity contribution in [2.24, 2.45) is 0 Å². The van der Waals surface area contributed by atoms with Gasteiger partial charge < -0.3 is 34.6 Å². The molecule has 0 saturated carbocycles. The molecule has 0 fully saturated rings. The van der Waals surface area contributed by atoms with Gasteiger partial charge in [0.15, 0.2) is 11.9 Å². The molecule has 0 aromatic heterocycles. The highest BCUT2D eigenvalue weighted by Gasteiger charge is 2.47. The van der Waals surface area contributed by atoms with Crippen molar-refractivity contribution in [3.63, 3.8) is 0 Å². The van der Waals surface area contributed by atoms with E-state index in [1.807, 2.05) is 0 Å². The number of esters is 1. The van der Waals surface area contributed by atoms with E-state index in [2.05, 4.69) is 4.74 Å². The molecule has 0 bridgehead atoms. The van der Waals surface area contributed by atoms with Crippen LogP contribution in [0.1, 0.15) is 13.8 Å². The van der Waals surface area contributed by atoms with Crippen molar-refractivity contribution in [2.45, 2.75) is 31.4 Å². The second kappa shape index (κ2) is 5.10. The van der Waals surface area contributed by atoms with E-state index in [1.54, 1.807) is 0 Å². The molecule has 19 heavy (non-hydrogen) atoms. The summed E-state index contributed by atoms with van der Waals surface area (Å²) in [4.78, 5) is 29.5. The molecule has 0 aromatic rings. The van der Waals surface area contributed by atoms with Crippen LogP contribution in [0, 0.1) is 0 Å². The van der Waals surface area contributed by atoms with Crippen LogP contribution in [0.3, 0.4) is 0 Å². The van der Waals surface area contributed by atoms with Gasteiger partial charge in [0, 0.05) is 0 Å². The van der Waals surface area contributed by atoms with Gasteiger partial charge in [0.25, 0.3) is 0 Å². The van der Waals surface area contributed by atoms with Gasteiger partial charge in [-0.1, -0.05) is 0 Å². The maximum absolute atomic E-state index is 11.4. The maximum Gasteiger partial charge on any atom is 0.378 e. The Hall–Kier alpha value is -1.12. The maximum atomic E-state index is 11.4. The quantitative estimate of drug-likeness (QED) is 0.316. The highest BCUT2D eigenvalue weighted by molar-refractivity contribution is 7.53. The van der Waals surface area contributed by atoms with E-state index in [0.717, 1.165) is 13.8 Å². The molecule has 1 unspecified atom stereocenters. The lowest BCUT2D eigenvalue weighted by Crippen LogP contribution is -2.31. The van der Waals surface area contributed by atoms with Crippen LogP contribution >= 0.6 is 7.60 Å². The van der Waals surface area contributed by atoms with Crippen LogP contribution < -0.4 is 0 Å². The fourth-order valence-electron chi connectivity index (χ4n) is 1.22. The fourth-order valence-corrected chi connectivity index (χ4v) is 1.43.